The minimum absolute atomic E-state index is 0. The van der Waals surface area contributed by atoms with E-state index in [0.29, 0.717) is 12.2 Å². The molecule has 1 aromatic carbocycles. The molecule has 7 heteroatoms. The van der Waals surface area contributed by atoms with Gasteiger partial charge in [-0.2, -0.15) is 0 Å². The summed E-state index contributed by atoms with van der Waals surface area (Å²) < 4.78 is 1.03. The third-order valence-electron chi connectivity index (χ3n) is 2.60. The van der Waals surface area contributed by atoms with Gasteiger partial charge in [0.15, 0.2) is 5.78 Å². The summed E-state index contributed by atoms with van der Waals surface area (Å²) in [5.74, 6) is 0.430. The number of carbonyl (C=O) groups is 1. The van der Waals surface area contributed by atoms with E-state index < -0.39 is 6.04 Å². The molecule has 0 saturated heterocycles. The molecule has 1 atom stereocenters. The summed E-state index contributed by atoms with van der Waals surface area (Å²) in [4.78, 5) is 19.8. The standard InChI is InChI=1S/C13H14BrN3OS.ClH/c14-9-1-3-11(4-2-9)19-7-13(18)12(15)5-10-6-16-8-17-10;/h1-4,6,8,12H,5,7,15H2,(H,16,17);1H/t12-;/m0./s1. The van der Waals surface area contributed by atoms with Gasteiger partial charge in [-0.15, -0.1) is 24.2 Å². The van der Waals surface area contributed by atoms with E-state index >= 15 is 0 Å². The molecule has 0 amide bonds. The molecule has 0 bridgehead atoms. The number of H-pyrrole nitrogens is 1. The summed E-state index contributed by atoms with van der Waals surface area (Å²) in [6, 6.07) is 7.38. The van der Waals surface area contributed by atoms with Crippen molar-refractivity contribution in [3.8, 4) is 0 Å². The van der Waals surface area contributed by atoms with E-state index in [1.165, 1.54) is 11.8 Å². The molecular formula is C13H15BrClN3OS. The number of nitrogens with zero attached hydrogens (tertiary/aromatic N) is 1. The first-order chi connectivity index (χ1) is 9.15. The number of imidazole rings is 1. The number of nitrogens with two attached hydrogens (primary N) is 1. The molecule has 0 aliphatic carbocycles. The maximum Gasteiger partial charge on any atom is 0.160 e. The van der Waals surface area contributed by atoms with Gasteiger partial charge in [0.2, 0.25) is 0 Å². The van der Waals surface area contributed by atoms with Crippen molar-refractivity contribution in [2.75, 3.05) is 5.75 Å². The third-order valence-corrected chi connectivity index (χ3v) is 4.17. The van der Waals surface area contributed by atoms with Crippen LogP contribution in [-0.4, -0.2) is 27.5 Å². The van der Waals surface area contributed by atoms with Gasteiger partial charge in [-0.05, 0) is 24.3 Å². The van der Waals surface area contributed by atoms with Crippen molar-refractivity contribution in [3.63, 3.8) is 0 Å². The summed E-state index contributed by atoms with van der Waals surface area (Å²) in [6.45, 7) is 0. The average Bonchev–Trinajstić information content (AvgIpc) is 2.90. The Morgan fingerprint density at radius 3 is 2.70 bits per heavy atom. The highest BCUT2D eigenvalue weighted by Crippen LogP contribution is 2.20. The molecule has 0 saturated carbocycles. The summed E-state index contributed by atoms with van der Waals surface area (Å²) in [5, 5.41) is 0. The number of hydrogen-bond donors (Lipinski definition) is 2. The van der Waals surface area contributed by atoms with Crippen molar-refractivity contribution in [3.05, 3.63) is 47.0 Å². The van der Waals surface area contributed by atoms with Gasteiger partial charge in [0.1, 0.15) is 0 Å². The predicted molar refractivity (Wildman–Crippen MR) is 87.4 cm³/mol. The van der Waals surface area contributed by atoms with E-state index in [4.69, 9.17) is 5.73 Å². The second-order valence-electron chi connectivity index (χ2n) is 4.10. The third kappa shape index (κ3) is 5.28. The minimum Gasteiger partial charge on any atom is -0.348 e. The van der Waals surface area contributed by atoms with Crippen molar-refractivity contribution >= 4 is 45.9 Å². The SMILES string of the molecule is Cl.N[C@@H](Cc1cnc[nH]1)C(=O)CSc1ccc(Br)cc1. The normalized spacial score (nSPS) is 11.7. The Morgan fingerprint density at radius 1 is 1.40 bits per heavy atom. The van der Waals surface area contributed by atoms with Gasteiger partial charge in [-0.1, -0.05) is 15.9 Å². The van der Waals surface area contributed by atoms with Crippen LogP contribution >= 0.6 is 40.1 Å². The number of carbonyl (C=O) groups excluding carboxylic acids is 1. The average molecular weight is 377 g/mol. The van der Waals surface area contributed by atoms with E-state index in [-0.39, 0.29) is 18.2 Å². The second-order valence-corrected chi connectivity index (χ2v) is 6.06. The van der Waals surface area contributed by atoms with E-state index in [2.05, 4.69) is 25.9 Å². The first kappa shape index (κ1) is 17.2. The highest BCUT2D eigenvalue weighted by molar-refractivity contribution is 9.10. The van der Waals surface area contributed by atoms with Crippen molar-refractivity contribution in [2.45, 2.75) is 17.4 Å². The fourth-order valence-electron chi connectivity index (χ4n) is 1.54. The molecule has 2 rings (SSSR count). The van der Waals surface area contributed by atoms with Crippen molar-refractivity contribution in [1.29, 1.82) is 0 Å². The molecule has 108 valence electrons. The molecule has 1 aromatic heterocycles. The molecule has 2 aromatic rings. The van der Waals surface area contributed by atoms with Crippen LogP contribution in [0.3, 0.4) is 0 Å². The largest absolute Gasteiger partial charge is 0.348 e. The Hall–Kier alpha value is -0.820. The van der Waals surface area contributed by atoms with Gasteiger partial charge >= 0.3 is 0 Å². The Morgan fingerprint density at radius 2 is 2.10 bits per heavy atom. The maximum atomic E-state index is 11.9. The van der Waals surface area contributed by atoms with E-state index in [9.17, 15) is 4.79 Å². The Kier molecular flexibility index (Phi) is 7.29. The monoisotopic (exact) mass is 375 g/mol. The van der Waals surface area contributed by atoms with E-state index in [1.807, 2.05) is 24.3 Å². The molecule has 3 N–H and O–H groups in total. The first-order valence-electron chi connectivity index (χ1n) is 5.79. The predicted octanol–water partition coefficient (Wildman–Crippen LogP) is 2.83. The number of hydrogen-bond acceptors (Lipinski definition) is 4. The van der Waals surface area contributed by atoms with Crippen LogP contribution in [0.15, 0.2) is 46.2 Å². The van der Waals surface area contributed by atoms with Crippen LogP contribution in [0.25, 0.3) is 0 Å². The highest BCUT2D eigenvalue weighted by atomic mass is 79.9. The van der Waals surface area contributed by atoms with E-state index in [0.717, 1.165) is 15.1 Å². The summed E-state index contributed by atoms with van der Waals surface area (Å²) in [7, 11) is 0. The minimum atomic E-state index is -0.483. The van der Waals surface area contributed by atoms with Crippen LogP contribution in [-0.2, 0) is 11.2 Å². The molecule has 0 spiro atoms. The van der Waals surface area contributed by atoms with Crippen molar-refractivity contribution in [1.82, 2.24) is 9.97 Å². The number of nitrogens with one attached hydrogen (secondary N) is 1. The topological polar surface area (TPSA) is 71.8 Å². The number of aromatic amines is 1. The summed E-state index contributed by atoms with van der Waals surface area (Å²) in [5.41, 5.74) is 6.76. The fraction of sp³-hybridized carbons (Fsp3) is 0.231. The zero-order valence-electron chi connectivity index (χ0n) is 10.6. The zero-order chi connectivity index (χ0) is 13.7. The molecule has 0 aliphatic heterocycles. The lowest BCUT2D eigenvalue weighted by Gasteiger charge is -2.09. The van der Waals surface area contributed by atoms with Gasteiger partial charge in [-0.25, -0.2) is 4.98 Å². The molecule has 0 radical (unpaired) electrons. The van der Waals surface area contributed by atoms with Crippen LogP contribution in [0.5, 0.6) is 0 Å². The van der Waals surface area contributed by atoms with Crippen molar-refractivity contribution in [2.24, 2.45) is 5.73 Å². The van der Waals surface area contributed by atoms with Crippen LogP contribution in [0, 0.1) is 0 Å². The molecule has 4 nitrogen and oxygen atoms in total. The van der Waals surface area contributed by atoms with Gasteiger partial charge < -0.3 is 10.7 Å². The quantitative estimate of drug-likeness (QED) is 0.761. The van der Waals surface area contributed by atoms with Crippen LogP contribution in [0.4, 0.5) is 0 Å². The number of aromatic nitrogens is 2. The van der Waals surface area contributed by atoms with E-state index in [1.54, 1.807) is 12.5 Å². The lowest BCUT2D eigenvalue weighted by atomic mass is 10.1. The van der Waals surface area contributed by atoms with Crippen LogP contribution in [0.2, 0.25) is 0 Å². The number of ketones is 1. The van der Waals surface area contributed by atoms with Gasteiger partial charge in [0, 0.05) is 27.7 Å². The fourth-order valence-corrected chi connectivity index (χ4v) is 2.66. The van der Waals surface area contributed by atoms with Crippen molar-refractivity contribution < 1.29 is 4.79 Å². The number of thioether (sulfide) groups is 1. The maximum absolute atomic E-state index is 11.9. The lowest BCUT2D eigenvalue weighted by Crippen LogP contribution is -2.34. The summed E-state index contributed by atoms with van der Waals surface area (Å²) >= 11 is 4.88. The smallest absolute Gasteiger partial charge is 0.160 e. The Balaban J connectivity index is 0.00000200. The first-order valence-corrected chi connectivity index (χ1v) is 7.57. The Labute approximate surface area is 136 Å². The molecule has 0 fully saturated rings. The number of rotatable bonds is 6. The van der Waals surface area contributed by atoms with Crippen LogP contribution in [0.1, 0.15) is 5.69 Å². The number of benzene rings is 1. The number of Topliss-reactive ketones (excluding diaryl/α,β-unsaturated/α-hetero) is 1. The van der Waals surface area contributed by atoms with Gasteiger partial charge in [-0.3, -0.25) is 4.79 Å². The van der Waals surface area contributed by atoms with Gasteiger partial charge in [0.25, 0.3) is 0 Å². The van der Waals surface area contributed by atoms with Crippen LogP contribution < -0.4 is 5.73 Å². The summed E-state index contributed by atoms with van der Waals surface area (Å²) in [6.07, 6.45) is 3.78. The molecule has 20 heavy (non-hydrogen) atoms. The second kappa shape index (κ2) is 8.46. The lowest BCUT2D eigenvalue weighted by molar-refractivity contribution is -0.117. The number of halogens is 2. The Bertz CT molecular complexity index is 533. The van der Waals surface area contributed by atoms with Gasteiger partial charge in [0.05, 0.1) is 18.1 Å². The zero-order valence-corrected chi connectivity index (χ0v) is 13.8. The molecule has 1 heterocycles. The molecule has 0 unspecified atom stereocenters. The molecule has 0 aliphatic rings. The highest BCUT2D eigenvalue weighted by Gasteiger charge is 2.14. The molecular weight excluding hydrogens is 362 g/mol.